The number of rotatable bonds is 2. The summed E-state index contributed by atoms with van der Waals surface area (Å²) in [6, 6.07) is 5.44. The first-order valence-corrected chi connectivity index (χ1v) is 5.80. The van der Waals surface area contributed by atoms with E-state index in [1.165, 1.54) is 0 Å². The average molecular weight is 259 g/mol. The summed E-state index contributed by atoms with van der Waals surface area (Å²) in [6.07, 6.45) is 0. The van der Waals surface area contributed by atoms with Crippen LogP contribution in [0.2, 0.25) is 10.0 Å². The number of primary amides is 1. The first kappa shape index (κ1) is 11.7. The molecule has 16 heavy (non-hydrogen) atoms. The fraction of sp³-hybridized carbons (Fsp3) is 0.364. The Morgan fingerprint density at radius 2 is 2.06 bits per heavy atom. The molecule has 0 saturated carbocycles. The van der Waals surface area contributed by atoms with Gasteiger partial charge in [-0.2, -0.15) is 0 Å². The van der Waals surface area contributed by atoms with E-state index in [0.29, 0.717) is 16.6 Å². The molecule has 5 heteroatoms. The van der Waals surface area contributed by atoms with Gasteiger partial charge in [0.1, 0.15) is 0 Å². The van der Waals surface area contributed by atoms with E-state index >= 15 is 0 Å². The lowest BCUT2D eigenvalue weighted by Gasteiger charge is -2.16. The van der Waals surface area contributed by atoms with Gasteiger partial charge in [0.25, 0.3) is 0 Å². The van der Waals surface area contributed by atoms with E-state index in [4.69, 9.17) is 28.9 Å². The summed E-state index contributed by atoms with van der Waals surface area (Å²) in [6.45, 7) is 1.37. The van der Waals surface area contributed by atoms with Gasteiger partial charge < -0.3 is 11.1 Å². The lowest BCUT2D eigenvalue weighted by molar-refractivity contribution is -0.121. The van der Waals surface area contributed by atoms with Crippen LogP contribution in [0, 0.1) is 5.92 Å². The normalized spacial score (nSPS) is 24.6. The van der Waals surface area contributed by atoms with E-state index in [9.17, 15) is 4.79 Å². The van der Waals surface area contributed by atoms with Crippen molar-refractivity contribution in [3.05, 3.63) is 33.8 Å². The maximum atomic E-state index is 11.3. The third-order valence-electron chi connectivity index (χ3n) is 2.95. The molecular formula is C11H12Cl2N2O. The topological polar surface area (TPSA) is 55.1 Å². The van der Waals surface area contributed by atoms with Gasteiger partial charge in [0.15, 0.2) is 0 Å². The van der Waals surface area contributed by atoms with Crippen LogP contribution in [0.15, 0.2) is 18.2 Å². The predicted octanol–water partition coefficient (Wildman–Crippen LogP) is 1.78. The van der Waals surface area contributed by atoms with E-state index in [-0.39, 0.29) is 17.7 Å². The molecule has 0 spiro atoms. The molecule has 2 rings (SSSR count). The van der Waals surface area contributed by atoms with E-state index in [2.05, 4.69) is 5.32 Å². The number of carbonyl (C=O) groups excluding carboxylic acids is 1. The van der Waals surface area contributed by atoms with E-state index in [1.54, 1.807) is 12.1 Å². The number of amides is 1. The van der Waals surface area contributed by atoms with Gasteiger partial charge in [-0.05, 0) is 17.7 Å². The van der Waals surface area contributed by atoms with Gasteiger partial charge in [-0.15, -0.1) is 0 Å². The molecule has 1 fully saturated rings. The monoisotopic (exact) mass is 258 g/mol. The quantitative estimate of drug-likeness (QED) is 0.850. The highest BCUT2D eigenvalue weighted by Gasteiger charge is 2.32. The molecule has 0 radical (unpaired) electrons. The third-order valence-corrected chi connectivity index (χ3v) is 3.69. The summed E-state index contributed by atoms with van der Waals surface area (Å²) in [5.41, 5.74) is 6.36. The zero-order chi connectivity index (χ0) is 11.7. The Balaban J connectivity index is 2.29. The van der Waals surface area contributed by atoms with Crippen molar-refractivity contribution in [2.75, 3.05) is 13.1 Å². The average Bonchev–Trinajstić information content (AvgIpc) is 2.71. The molecule has 3 nitrogen and oxygen atoms in total. The van der Waals surface area contributed by atoms with Gasteiger partial charge in [-0.25, -0.2) is 0 Å². The number of nitrogens with two attached hydrogens (primary N) is 1. The van der Waals surface area contributed by atoms with Crippen molar-refractivity contribution in [1.82, 2.24) is 5.32 Å². The number of nitrogens with one attached hydrogen (secondary N) is 1. The molecular weight excluding hydrogens is 247 g/mol. The van der Waals surface area contributed by atoms with Crippen LogP contribution in [0.25, 0.3) is 0 Å². The maximum Gasteiger partial charge on any atom is 0.222 e. The summed E-state index contributed by atoms with van der Waals surface area (Å²) < 4.78 is 0. The van der Waals surface area contributed by atoms with Crippen LogP contribution in [0.1, 0.15) is 11.5 Å². The van der Waals surface area contributed by atoms with Gasteiger partial charge in [-0.3, -0.25) is 4.79 Å². The van der Waals surface area contributed by atoms with Crippen LogP contribution in [-0.4, -0.2) is 19.0 Å². The smallest absolute Gasteiger partial charge is 0.222 e. The Hall–Kier alpha value is -0.770. The Labute approximate surface area is 104 Å². The van der Waals surface area contributed by atoms with Crippen molar-refractivity contribution in [2.45, 2.75) is 5.92 Å². The van der Waals surface area contributed by atoms with Gasteiger partial charge in [-0.1, -0.05) is 29.3 Å². The molecule has 1 amide bonds. The zero-order valence-corrected chi connectivity index (χ0v) is 10.1. The summed E-state index contributed by atoms with van der Waals surface area (Å²) in [7, 11) is 0. The third kappa shape index (κ3) is 2.17. The Bertz CT molecular complexity index is 422. The number of carbonyl (C=O) groups is 1. The zero-order valence-electron chi connectivity index (χ0n) is 8.54. The lowest BCUT2D eigenvalue weighted by Crippen LogP contribution is -2.28. The first-order valence-electron chi connectivity index (χ1n) is 5.04. The first-order chi connectivity index (χ1) is 7.59. The largest absolute Gasteiger partial charge is 0.369 e. The van der Waals surface area contributed by atoms with Crippen molar-refractivity contribution < 1.29 is 4.79 Å². The van der Waals surface area contributed by atoms with Crippen molar-refractivity contribution >= 4 is 29.1 Å². The molecule has 0 unspecified atom stereocenters. The van der Waals surface area contributed by atoms with Crippen molar-refractivity contribution in [3.8, 4) is 0 Å². The molecule has 1 aromatic rings. The highest BCUT2D eigenvalue weighted by molar-refractivity contribution is 6.42. The minimum absolute atomic E-state index is 0.0901. The molecule has 86 valence electrons. The number of halogens is 2. The van der Waals surface area contributed by atoms with Crippen molar-refractivity contribution in [3.63, 3.8) is 0 Å². The second-order valence-corrected chi connectivity index (χ2v) is 4.76. The Morgan fingerprint density at radius 3 is 2.69 bits per heavy atom. The minimum Gasteiger partial charge on any atom is -0.369 e. The SMILES string of the molecule is NC(=O)[C@@H]1CNC[C@H]1c1ccc(Cl)c(Cl)c1. The van der Waals surface area contributed by atoms with Crippen molar-refractivity contribution in [1.29, 1.82) is 0 Å². The van der Waals surface area contributed by atoms with Gasteiger partial charge in [0.2, 0.25) is 5.91 Å². The van der Waals surface area contributed by atoms with Crippen LogP contribution in [0.3, 0.4) is 0 Å². The molecule has 1 saturated heterocycles. The molecule has 1 aliphatic rings. The summed E-state index contributed by atoms with van der Waals surface area (Å²) in [5.74, 6) is -0.356. The molecule has 1 aromatic carbocycles. The Morgan fingerprint density at radius 1 is 1.31 bits per heavy atom. The molecule has 0 bridgehead atoms. The molecule has 3 N–H and O–H groups in total. The van der Waals surface area contributed by atoms with E-state index < -0.39 is 0 Å². The number of benzene rings is 1. The molecule has 2 atom stereocenters. The van der Waals surface area contributed by atoms with Gasteiger partial charge in [0.05, 0.1) is 16.0 Å². The summed E-state index contributed by atoms with van der Waals surface area (Å²) >= 11 is 11.8. The second-order valence-electron chi connectivity index (χ2n) is 3.95. The Kier molecular flexibility index (Phi) is 3.38. The molecule has 0 aliphatic carbocycles. The van der Waals surface area contributed by atoms with Crippen LogP contribution < -0.4 is 11.1 Å². The standard InChI is InChI=1S/C11H12Cl2N2O/c12-9-2-1-6(3-10(9)13)7-4-15-5-8(7)11(14)16/h1-3,7-8,15H,4-5H2,(H2,14,16)/t7-,8+/m0/s1. The maximum absolute atomic E-state index is 11.3. The lowest BCUT2D eigenvalue weighted by atomic mass is 9.88. The summed E-state index contributed by atoms with van der Waals surface area (Å²) in [5, 5.41) is 4.19. The fourth-order valence-corrected chi connectivity index (χ4v) is 2.38. The molecule has 1 aliphatic heterocycles. The van der Waals surface area contributed by atoms with Gasteiger partial charge >= 0.3 is 0 Å². The highest BCUT2D eigenvalue weighted by Crippen LogP contribution is 2.32. The predicted molar refractivity (Wildman–Crippen MR) is 64.8 cm³/mol. The van der Waals surface area contributed by atoms with Gasteiger partial charge in [0, 0.05) is 19.0 Å². The minimum atomic E-state index is -0.277. The molecule has 1 heterocycles. The van der Waals surface area contributed by atoms with E-state index in [1.807, 2.05) is 6.07 Å². The number of hydrogen-bond acceptors (Lipinski definition) is 2. The van der Waals surface area contributed by atoms with Crippen LogP contribution in [-0.2, 0) is 4.79 Å². The van der Waals surface area contributed by atoms with E-state index in [0.717, 1.165) is 12.1 Å². The highest BCUT2D eigenvalue weighted by atomic mass is 35.5. The molecule has 0 aromatic heterocycles. The second kappa shape index (κ2) is 4.62. The van der Waals surface area contributed by atoms with Crippen LogP contribution in [0.5, 0.6) is 0 Å². The number of hydrogen-bond donors (Lipinski definition) is 2. The summed E-state index contributed by atoms with van der Waals surface area (Å²) in [4.78, 5) is 11.3. The van der Waals surface area contributed by atoms with Crippen molar-refractivity contribution in [2.24, 2.45) is 11.7 Å². The fourth-order valence-electron chi connectivity index (χ4n) is 2.07. The van der Waals surface area contributed by atoms with Crippen LogP contribution >= 0.6 is 23.2 Å². The van der Waals surface area contributed by atoms with Crippen LogP contribution in [0.4, 0.5) is 0 Å².